The number of sulfonamides is 1. The molecule has 9 heteroatoms. The Morgan fingerprint density at radius 2 is 1.87 bits per heavy atom. The molecular formula is C22H29N5O3S. The Labute approximate surface area is 182 Å². The number of nitrogens with one attached hydrogen (secondary N) is 1. The summed E-state index contributed by atoms with van der Waals surface area (Å²) in [5.74, 6) is 0.684. The standard InChI is InChI=1S/C22H29N5O3S/c1-22(2,3)14-27-18-10-11-19(23-20(18)25(4)21(27)28)26-13-16(24-31(5,29)30)12-15-8-6-7-9-17(15)26/h6-11,16,24H,12-14H2,1-5H3. The number of nitrogens with zero attached hydrogens (tertiary/aromatic N) is 4. The molecule has 8 nitrogen and oxygen atoms in total. The van der Waals surface area contributed by atoms with Crippen LogP contribution in [0.3, 0.4) is 0 Å². The van der Waals surface area contributed by atoms with Crippen molar-refractivity contribution in [3.8, 4) is 0 Å². The van der Waals surface area contributed by atoms with Crippen LogP contribution in [0.15, 0.2) is 41.2 Å². The number of hydrogen-bond acceptors (Lipinski definition) is 5. The number of hydrogen-bond donors (Lipinski definition) is 1. The highest BCUT2D eigenvalue weighted by Crippen LogP contribution is 2.33. The van der Waals surface area contributed by atoms with E-state index < -0.39 is 10.0 Å². The van der Waals surface area contributed by atoms with Crippen molar-refractivity contribution in [3.05, 3.63) is 52.4 Å². The van der Waals surface area contributed by atoms with E-state index in [4.69, 9.17) is 4.98 Å². The van der Waals surface area contributed by atoms with Gasteiger partial charge in [-0.25, -0.2) is 22.9 Å². The van der Waals surface area contributed by atoms with Gasteiger partial charge in [-0.05, 0) is 35.6 Å². The number of pyridine rings is 1. The molecule has 3 aromatic rings. The van der Waals surface area contributed by atoms with Gasteiger partial charge >= 0.3 is 5.69 Å². The summed E-state index contributed by atoms with van der Waals surface area (Å²) in [4.78, 5) is 19.7. The highest BCUT2D eigenvalue weighted by atomic mass is 32.2. The topological polar surface area (TPSA) is 89.2 Å². The first-order valence-electron chi connectivity index (χ1n) is 10.3. The third-order valence-corrected chi connectivity index (χ3v) is 6.17. The number of benzene rings is 1. The molecule has 2 aromatic heterocycles. The highest BCUT2D eigenvalue weighted by molar-refractivity contribution is 7.88. The number of imidazole rings is 1. The summed E-state index contributed by atoms with van der Waals surface area (Å²) in [6.07, 6.45) is 1.79. The molecule has 0 radical (unpaired) electrons. The Kier molecular flexibility index (Phi) is 5.21. The minimum absolute atomic E-state index is 0.0485. The van der Waals surface area contributed by atoms with Crippen LogP contribution >= 0.6 is 0 Å². The Morgan fingerprint density at radius 3 is 2.55 bits per heavy atom. The van der Waals surface area contributed by atoms with E-state index in [-0.39, 0.29) is 17.1 Å². The smallest absolute Gasteiger partial charge is 0.324 e. The van der Waals surface area contributed by atoms with Gasteiger partial charge in [0.2, 0.25) is 10.0 Å². The predicted octanol–water partition coefficient (Wildman–Crippen LogP) is 2.39. The van der Waals surface area contributed by atoms with Gasteiger partial charge in [-0.3, -0.25) is 9.13 Å². The maximum atomic E-state index is 12.9. The Morgan fingerprint density at radius 1 is 1.16 bits per heavy atom. The van der Waals surface area contributed by atoms with E-state index in [2.05, 4.69) is 25.5 Å². The molecule has 31 heavy (non-hydrogen) atoms. The summed E-state index contributed by atoms with van der Waals surface area (Å²) < 4.78 is 29.8. The second kappa shape index (κ2) is 7.49. The van der Waals surface area contributed by atoms with E-state index >= 15 is 0 Å². The van der Waals surface area contributed by atoms with Gasteiger partial charge in [0.15, 0.2) is 5.65 Å². The molecule has 1 N–H and O–H groups in total. The molecule has 1 aromatic carbocycles. The van der Waals surface area contributed by atoms with Crippen molar-refractivity contribution in [2.24, 2.45) is 12.5 Å². The fourth-order valence-electron chi connectivity index (χ4n) is 4.23. The molecule has 4 rings (SSSR count). The molecule has 0 amide bonds. The van der Waals surface area contributed by atoms with Gasteiger partial charge in [0.1, 0.15) is 5.82 Å². The summed E-state index contributed by atoms with van der Waals surface area (Å²) >= 11 is 0. The summed E-state index contributed by atoms with van der Waals surface area (Å²) in [6.45, 7) is 7.34. The van der Waals surface area contributed by atoms with Crippen LogP contribution in [0.25, 0.3) is 11.2 Å². The lowest BCUT2D eigenvalue weighted by molar-refractivity contribution is 0.342. The Balaban J connectivity index is 1.80. The van der Waals surface area contributed by atoms with Crippen molar-refractivity contribution < 1.29 is 8.42 Å². The summed E-state index contributed by atoms with van der Waals surface area (Å²) in [6, 6.07) is 11.5. The highest BCUT2D eigenvalue weighted by Gasteiger charge is 2.28. The van der Waals surface area contributed by atoms with E-state index in [9.17, 15) is 13.2 Å². The minimum atomic E-state index is -3.34. The average Bonchev–Trinajstić information content (AvgIpc) is 2.89. The number of anilines is 2. The van der Waals surface area contributed by atoms with Crippen LogP contribution in [0.4, 0.5) is 11.5 Å². The van der Waals surface area contributed by atoms with Crippen molar-refractivity contribution in [3.63, 3.8) is 0 Å². The third kappa shape index (κ3) is 4.38. The zero-order chi connectivity index (χ0) is 22.6. The lowest BCUT2D eigenvalue weighted by atomic mass is 9.97. The number of para-hydroxylation sites is 1. The molecule has 0 saturated heterocycles. The average molecular weight is 444 g/mol. The van der Waals surface area contributed by atoms with Gasteiger partial charge in [0.05, 0.1) is 11.8 Å². The fourth-order valence-corrected chi connectivity index (χ4v) is 5.00. The number of aryl methyl sites for hydroxylation is 1. The monoisotopic (exact) mass is 443 g/mol. The first kappa shape index (κ1) is 21.6. The van der Waals surface area contributed by atoms with Crippen LogP contribution < -0.4 is 15.3 Å². The number of rotatable bonds is 4. The summed E-state index contributed by atoms with van der Waals surface area (Å²) in [5.41, 5.74) is 3.32. The van der Waals surface area contributed by atoms with Crippen LogP contribution in [-0.4, -0.2) is 41.4 Å². The van der Waals surface area contributed by atoms with Gasteiger partial charge < -0.3 is 4.90 Å². The molecule has 3 heterocycles. The maximum Gasteiger partial charge on any atom is 0.330 e. The van der Waals surface area contributed by atoms with Gasteiger partial charge in [-0.15, -0.1) is 0 Å². The molecule has 0 aliphatic carbocycles. The molecule has 0 saturated carbocycles. The summed E-state index contributed by atoms with van der Waals surface area (Å²) in [5, 5.41) is 0. The first-order valence-corrected chi connectivity index (χ1v) is 12.2. The molecule has 0 spiro atoms. The van der Waals surface area contributed by atoms with Crippen molar-refractivity contribution in [2.75, 3.05) is 17.7 Å². The van der Waals surface area contributed by atoms with Crippen molar-refractivity contribution in [1.29, 1.82) is 0 Å². The van der Waals surface area contributed by atoms with Crippen LogP contribution in [0, 0.1) is 5.41 Å². The normalized spacial score (nSPS) is 17.2. The van der Waals surface area contributed by atoms with Gasteiger partial charge in [0, 0.05) is 31.9 Å². The van der Waals surface area contributed by atoms with Crippen LogP contribution in [0.1, 0.15) is 26.3 Å². The third-order valence-electron chi connectivity index (χ3n) is 5.41. The van der Waals surface area contributed by atoms with E-state index in [1.54, 1.807) is 16.2 Å². The van der Waals surface area contributed by atoms with Gasteiger partial charge in [-0.1, -0.05) is 39.0 Å². The Hall–Kier alpha value is -2.65. The van der Waals surface area contributed by atoms with E-state index in [0.717, 1.165) is 16.8 Å². The zero-order valence-electron chi connectivity index (χ0n) is 18.6. The molecule has 0 bridgehead atoms. The summed E-state index contributed by atoms with van der Waals surface area (Å²) in [7, 11) is -1.60. The lowest BCUT2D eigenvalue weighted by Crippen LogP contribution is -2.46. The SMILES string of the molecule is Cn1c(=O)n(CC(C)(C)C)c2ccc(N3CC(NS(C)(=O)=O)Cc4ccccc43)nc21. The van der Waals surface area contributed by atoms with Crippen molar-refractivity contribution in [1.82, 2.24) is 18.8 Å². The minimum Gasteiger partial charge on any atom is -0.324 e. The molecule has 1 aliphatic heterocycles. The second-order valence-electron chi connectivity index (χ2n) is 9.53. The fraction of sp³-hybridized carbons (Fsp3) is 0.455. The molecule has 0 fully saturated rings. The molecule has 1 unspecified atom stereocenters. The van der Waals surface area contributed by atoms with Crippen LogP contribution in [0.5, 0.6) is 0 Å². The van der Waals surface area contributed by atoms with E-state index in [1.165, 1.54) is 6.26 Å². The quantitative estimate of drug-likeness (QED) is 0.669. The largest absolute Gasteiger partial charge is 0.330 e. The molecular weight excluding hydrogens is 414 g/mol. The van der Waals surface area contributed by atoms with Crippen molar-refractivity contribution in [2.45, 2.75) is 39.8 Å². The van der Waals surface area contributed by atoms with E-state index in [1.807, 2.05) is 41.3 Å². The Bertz CT molecular complexity index is 1300. The van der Waals surface area contributed by atoms with Crippen molar-refractivity contribution >= 4 is 32.7 Å². The molecule has 1 aliphatic rings. The molecule has 1 atom stereocenters. The second-order valence-corrected chi connectivity index (χ2v) is 11.3. The van der Waals surface area contributed by atoms with Crippen LogP contribution in [0.2, 0.25) is 0 Å². The maximum absolute atomic E-state index is 12.9. The molecule has 166 valence electrons. The number of aromatic nitrogens is 3. The predicted molar refractivity (Wildman–Crippen MR) is 123 cm³/mol. The van der Waals surface area contributed by atoms with Crippen LogP contribution in [-0.2, 0) is 30.0 Å². The number of fused-ring (bicyclic) bond motifs is 2. The lowest BCUT2D eigenvalue weighted by Gasteiger charge is -2.35. The van der Waals surface area contributed by atoms with E-state index in [0.29, 0.717) is 31.0 Å². The van der Waals surface area contributed by atoms with Gasteiger partial charge in [0.25, 0.3) is 0 Å². The zero-order valence-corrected chi connectivity index (χ0v) is 19.4. The first-order chi connectivity index (χ1) is 14.4. The van der Waals surface area contributed by atoms with Gasteiger partial charge in [-0.2, -0.15) is 0 Å².